The van der Waals surface area contributed by atoms with Gasteiger partial charge < -0.3 is 10.4 Å². The van der Waals surface area contributed by atoms with Crippen molar-refractivity contribution < 1.29 is 9.90 Å². The standard InChI is InChI=1S/C15H16N2O2S/c1-11-17-13(10-20-11)7-8-15(19)16-9-14(18)12-5-3-2-4-6-12/h2-8,10,14,18H,9H2,1H3,(H,16,19)/b8-7+. The summed E-state index contributed by atoms with van der Waals surface area (Å²) in [5.74, 6) is -0.245. The van der Waals surface area contributed by atoms with Gasteiger partial charge in [0, 0.05) is 18.0 Å². The van der Waals surface area contributed by atoms with Crippen molar-refractivity contribution in [3.63, 3.8) is 0 Å². The number of carbonyl (C=O) groups excluding carboxylic acids is 1. The van der Waals surface area contributed by atoms with Crippen LogP contribution in [0.2, 0.25) is 0 Å². The molecule has 5 heteroatoms. The Kier molecular flexibility index (Phi) is 5.03. The average molecular weight is 288 g/mol. The van der Waals surface area contributed by atoms with Gasteiger partial charge in [-0.3, -0.25) is 4.79 Å². The number of rotatable bonds is 5. The minimum absolute atomic E-state index is 0.184. The lowest BCUT2D eigenvalue weighted by atomic mass is 10.1. The van der Waals surface area contributed by atoms with Crippen molar-refractivity contribution in [2.45, 2.75) is 13.0 Å². The molecular formula is C15H16N2O2S. The van der Waals surface area contributed by atoms with Gasteiger partial charge in [0.1, 0.15) is 0 Å². The first-order valence-corrected chi connectivity index (χ1v) is 7.14. The van der Waals surface area contributed by atoms with Crippen LogP contribution in [0, 0.1) is 6.92 Å². The highest BCUT2D eigenvalue weighted by Gasteiger charge is 2.07. The van der Waals surface area contributed by atoms with Crippen molar-refractivity contribution in [1.82, 2.24) is 10.3 Å². The number of carbonyl (C=O) groups is 1. The monoisotopic (exact) mass is 288 g/mol. The number of hydrogen-bond acceptors (Lipinski definition) is 4. The van der Waals surface area contributed by atoms with Gasteiger partial charge in [-0.1, -0.05) is 30.3 Å². The molecule has 104 valence electrons. The lowest BCUT2D eigenvalue weighted by Crippen LogP contribution is -2.26. The number of aromatic nitrogens is 1. The maximum Gasteiger partial charge on any atom is 0.244 e. The Morgan fingerprint density at radius 3 is 2.85 bits per heavy atom. The van der Waals surface area contributed by atoms with E-state index in [1.54, 1.807) is 6.08 Å². The van der Waals surface area contributed by atoms with Crippen LogP contribution in [-0.4, -0.2) is 22.5 Å². The van der Waals surface area contributed by atoms with Gasteiger partial charge in [-0.25, -0.2) is 4.98 Å². The number of nitrogens with zero attached hydrogens (tertiary/aromatic N) is 1. The van der Waals surface area contributed by atoms with Crippen LogP contribution in [0.5, 0.6) is 0 Å². The highest BCUT2D eigenvalue weighted by atomic mass is 32.1. The van der Waals surface area contributed by atoms with Gasteiger partial charge in [0.05, 0.1) is 16.8 Å². The zero-order chi connectivity index (χ0) is 14.4. The molecule has 1 unspecified atom stereocenters. The molecule has 0 fully saturated rings. The quantitative estimate of drug-likeness (QED) is 0.830. The van der Waals surface area contributed by atoms with E-state index in [2.05, 4.69) is 10.3 Å². The fourth-order valence-corrected chi connectivity index (χ4v) is 2.25. The number of amides is 1. The maximum absolute atomic E-state index is 11.6. The Balaban J connectivity index is 1.82. The number of nitrogens with one attached hydrogen (secondary N) is 1. The smallest absolute Gasteiger partial charge is 0.244 e. The van der Waals surface area contributed by atoms with Crippen molar-refractivity contribution in [1.29, 1.82) is 0 Å². The Morgan fingerprint density at radius 2 is 2.20 bits per heavy atom. The van der Waals surface area contributed by atoms with Gasteiger partial charge in [-0.05, 0) is 18.6 Å². The minimum atomic E-state index is -0.699. The van der Waals surface area contributed by atoms with E-state index in [1.807, 2.05) is 42.6 Å². The van der Waals surface area contributed by atoms with Crippen LogP contribution in [0.25, 0.3) is 6.08 Å². The summed E-state index contributed by atoms with van der Waals surface area (Å²) in [6.45, 7) is 2.10. The van der Waals surface area contributed by atoms with Crippen molar-refractivity contribution in [3.8, 4) is 0 Å². The first-order chi connectivity index (χ1) is 9.65. The van der Waals surface area contributed by atoms with E-state index in [0.717, 1.165) is 16.3 Å². The van der Waals surface area contributed by atoms with Crippen LogP contribution in [0.15, 0.2) is 41.8 Å². The van der Waals surface area contributed by atoms with E-state index >= 15 is 0 Å². The van der Waals surface area contributed by atoms with Crippen molar-refractivity contribution in [2.75, 3.05) is 6.54 Å². The van der Waals surface area contributed by atoms with E-state index < -0.39 is 6.10 Å². The number of aliphatic hydroxyl groups is 1. The van der Waals surface area contributed by atoms with Gasteiger partial charge in [-0.15, -0.1) is 11.3 Å². The molecule has 20 heavy (non-hydrogen) atoms. The lowest BCUT2D eigenvalue weighted by Gasteiger charge is -2.10. The summed E-state index contributed by atoms with van der Waals surface area (Å²) in [7, 11) is 0. The molecule has 0 saturated heterocycles. The van der Waals surface area contributed by atoms with Gasteiger partial charge in [0.15, 0.2) is 0 Å². The van der Waals surface area contributed by atoms with E-state index in [4.69, 9.17) is 0 Å². The van der Waals surface area contributed by atoms with Crippen molar-refractivity contribution in [3.05, 3.63) is 58.1 Å². The van der Waals surface area contributed by atoms with E-state index in [9.17, 15) is 9.90 Å². The molecule has 1 atom stereocenters. The highest BCUT2D eigenvalue weighted by Crippen LogP contribution is 2.11. The Hall–Kier alpha value is -1.98. The summed E-state index contributed by atoms with van der Waals surface area (Å²) in [5.41, 5.74) is 1.55. The van der Waals surface area contributed by atoms with Crippen LogP contribution >= 0.6 is 11.3 Å². The SMILES string of the molecule is Cc1nc(/C=C/C(=O)NCC(O)c2ccccc2)cs1. The molecule has 1 aromatic heterocycles. The van der Waals surface area contributed by atoms with Gasteiger partial charge in [-0.2, -0.15) is 0 Å². The Morgan fingerprint density at radius 1 is 1.45 bits per heavy atom. The summed E-state index contributed by atoms with van der Waals surface area (Å²) in [5, 5.41) is 15.4. The van der Waals surface area contributed by atoms with E-state index in [0.29, 0.717) is 0 Å². The zero-order valence-corrected chi connectivity index (χ0v) is 11.9. The predicted molar refractivity (Wildman–Crippen MR) is 80.3 cm³/mol. The van der Waals surface area contributed by atoms with Crippen LogP contribution in [0.1, 0.15) is 22.4 Å². The number of hydrogen-bond donors (Lipinski definition) is 2. The fraction of sp³-hybridized carbons (Fsp3) is 0.200. The van der Waals surface area contributed by atoms with Gasteiger partial charge in [0.2, 0.25) is 5.91 Å². The molecule has 1 amide bonds. The Bertz CT molecular complexity index is 593. The molecule has 4 nitrogen and oxygen atoms in total. The minimum Gasteiger partial charge on any atom is -0.387 e. The zero-order valence-electron chi connectivity index (χ0n) is 11.1. The van der Waals surface area contributed by atoms with Crippen LogP contribution < -0.4 is 5.32 Å². The Labute approximate surface area is 121 Å². The second-order valence-electron chi connectivity index (χ2n) is 4.30. The molecule has 1 heterocycles. The molecule has 0 spiro atoms. The summed E-state index contributed by atoms with van der Waals surface area (Å²) in [4.78, 5) is 15.9. The summed E-state index contributed by atoms with van der Waals surface area (Å²) < 4.78 is 0. The molecule has 0 aliphatic heterocycles. The fourth-order valence-electron chi connectivity index (χ4n) is 1.67. The van der Waals surface area contributed by atoms with Crippen molar-refractivity contribution >= 4 is 23.3 Å². The van der Waals surface area contributed by atoms with E-state index in [-0.39, 0.29) is 12.5 Å². The molecule has 0 bridgehead atoms. The molecule has 2 N–H and O–H groups in total. The molecule has 0 radical (unpaired) electrons. The maximum atomic E-state index is 11.6. The molecule has 1 aromatic carbocycles. The third-order valence-electron chi connectivity index (χ3n) is 2.70. The lowest BCUT2D eigenvalue weighted by molar-refractivity contribution is -0.116. The number of aryl methyl sites for hydroxylation is 1. The average Bonchev–Trinajstić information content (AvgIpc) is 2.89. The number of benzene rings is 1. The highest BCUT2D eigenvalue weighted by molar-refractivity contribution is 7.09. The van der Waals surface area contributed by atoms with Crippen molar-refractivity contribution in [2.24, 2.45) is 0 Å². The van der Waals surface area contributed by atoms with Gasteiger partial charge in [0.25, 0.3) is 0 Å². The normalized spacial score (nSPS) is 12.5. The number of aliphatic hydroxyl groups excluding tert-OH is 1. The van der Waals surface area contributed by atoms with E-state index in [1.165, 1.54) is 17.4 Å². The molecular weight excluding hydrogens is 272 g/mol. The molecule has 2 aromatic rings. The summed E-state index contributed by atoms with van der Waals surface area (Å²) in [6.07, 6.45) is 2.38. The molecule has 0 saturated carbocycles. The summed E-state index contributed by atoms with van der Waals surface area (Å²) in [6, 6.07) is 9.23. The molecule has 2 rings (SSSR count). The number of thiazole rings is 1. The summed E-state index contributed by atoms with van der Waals surface area (Å²) >= 11 is 1.54. The molecule has 0 aliphatic rings. The second-order valence-corrected chi connectivity index (χ2v) is 5.36. The first kappa shape index (κ1) is 14.4. The third-order valence-corrected chi connectivity index (χ3v) is 3.49. The largest absolute Gasteiger partial charge is 0.387 e. The van der Waals surface area contributed by atoms with Crippen LogP contribution in [-0.2, 0) is 4.79 Å². The second kappa shape index (κ2) is 6.98. The molecule has 0 aliphatic carbocycles. The van der Waals surface area contributed by atoms with Gasteiger partial charge >= 0.3 is 0 Å². The van der Waals surface area contributed by atoms with Crippen LogP contribution in [0.4, 0.5) is 0 Å². The third kappa shape index (κ3) is 4.29. The predicted octanol–water partition coefficient (Wildman–Crippen LogP) is 2.31. The van der Waals surface area contributed by atoms with Crippen LogP contribution in [0.3, 0.4) is 0 Å². The topological polar surface area (TPSA) is 62.2 Å². The first-order valence-electron chi connectivity index (χ1n) is 6.26.